The lowest BCUT2D eigenvalue weighted by Gasteiger charge is -2.48. The molecule has 0 heterocycles. The van der Waals surface area contributed by atoms with Crippen molar-refractivity contribution >= 4 is 0 Å². The minimum absolute atomic E-state index is 0.727. The van der Waals surface area contributed by atoms with E-state index in [0.29, 0.717) is 0 Å². The second kappa shape index (κ2) is 4.45. The Morgan fingerprint density at radius 1 is 1.23 bits per heavy atom. The first kappa shape index (κ1) is 11.0. The zero-order valence-electron chi connectivity index (χ0n) is 9.77. The fourth-order valence-electron chi connectivity index (χ4n) is 2.58. The summed E-state index contributed by atoms with van der Waals surface area (Å²) in [5, 5.41) is 0. The molecule has 0 unspecified atom stereocenters. The first-order valence-corrected chi connectivity index (χ1v) is 5.76. The Balaban J connectivity index is 2.28. The maximum atomic E-state index is 2.36. The van der Waals surface area contributed by atoms with Gasteiger partial charge in [0.1, 0.15) is 0 Å². The maximum Gasteiger partial charge on any atom is -0.00195 e. The summed E-state index contributed by atoms with van der Waals surface area (Å²) in [5.74, 6) is 1.04. The van der Waals surface area contributed by atoms with E-state index in [1.165, 1.54) is 38.6 Å². The average molecular weight is 183 g/mol. The predicted molar refractivity (Wildman–Crippen MR) is 58.9 cm³/mol. The highest BCUT2D eigenvalue weighted by Crippen LogP contribution is 2.51. The lowest BCUT2D eigenvalue weighted by atomic mass is 9.58. The van der Waals surface area contributed by atoms with Crippen molar-refractivity contribution < 1.29 is 0 Å². The zero-order chi connectivity index (χ0) is 9.90. The summed E-state index contributed by atoms with van der Waals surface area (Å²) in [6.45, 7) is 5.96. The van der Waals surface area contributed by atoms with E-state index in [-0.39, 0.29) is 0 Å². The molecule has 1 fully saturated rings. The van der Waals surface area contributed by atoms with Gasteiger partial charge < -0.3 is 4.90 Å². The molecule has 78 valence electrons. The molecule has 0 amide bonds. The van der Waals surface area contributed by atoms with Crippen molar-refractivity contribution in [2.24, 2.45) is 11.3 Å². The summed E-state index contributed by atoms with van der Waals surface area (Å²) < 4.78 is 0. The summed E-state index contributed by atoms with van der Waals surface area (Å²) in [4.78, 5) is 2.32. The van der Waals surface area contributed by atoms with E-state index in [9.17, 15) is 0 Å². The van der Waals surface area contributed by atoms with Gasteiger partial charge >= 0.3 is 0 Å². The van der Waals surface area contributed by atoms with Crippen LogP contribution >= 0.6 is 0 Å². The molecule has 0 atom stereocenters. The Morgan fingerprint density at radius 2 is 1.85 bits per heavy atom. The largest absolute Gasteiger partial charge is 0.309 e. The van der Waals surface area contributed by atoms with Gasteiger partial charge in [0.05, 0.1) is 0 Å². The lowest BCUT2D eigenvalue weighted by molar-refractivity contribution is 0.0315. The molecule has 1 rings (SSSR count). The third kappa shape index (κ3) is 2.70. The van der Waals surface area contributed by atoms with E-state index >= 15 is 0 Å². The van der Waals surface area contributed by atoms with Crippen molar-refractivity contribution in [1.82, 2.24) is 4.90 Å². The molecule has 0 N–H and O–H groups in total. The molecule has 1 heteroatoms. The molecular formula is C12H25N. The van der Waals surface area contributed by atoms with Gasteiger partial charge in [0.15, 0.2) is 0 Å². The van der Waals surface area contributed by atoms with Gasteiger partial charge in [-0.2, -0.15) is 0 Å². The van der Waals surface area contributed by atoms with E-state index in [1.54, 1.807) is 0 Å². The fourth-order valence-corrected chi connectivity index (χ4v) is 2.58. The number of nitrogens with zero attached hydrogens (tertiary/aromatic N) is 1. The van der Waals surface area contributed by atoms with Crippen molar-refractivity contribution in [3.8, 4) is 0 Å². The highest BCUT2D eigenvalue weighted by molar-refractivity contribution is 4.92. The van der Waals surface area contributed by atoms with Crippen LogP contribution in [-0.2, 0) is 0 Å². The first-order valence-electron chi connectivity index (χ1n) is 5.76. The molecule has 13 heavy (non-hydrogen) atoms. The van der Waals surface area contributed by atoms with Crippen LogP contribution in [0.5, 0.6) is 0 Å². The van der Waals surface area contributed by atoms with Gasteiger partial charge in [0.2, 0.25) is 0 Å². The van der Waals surface area contributed by atoms with Gasteiger partial charge in [0.25, 0.3) is 0 Å². The van der Waals surface area contributed by atoms with Crippen LogP contribution < -0.4 is 0 Å². The molecule has 0 saturated heterocycles. The minimum Gasteiger partial charge on any atom is -0.309 e. The zero-order valence-corrected chi connectivity index (χ0v) is 9.77. The number of rotatable bonds is 5. The predicted octanol–water partition coefficient (Wildman–Crippen LogP) is 3.15. The van der Waals surface area contributed by atoms with E-state index in [0.717, 1.165) is 11.3 Å². The Morgan fingerprint density at radius 3 is 2.23 bits per heavy atom. The summed E-state index contributed by atoms with van der Waals surface area (Å²) in [5.41, 5.74) is 0.727. The summed E-state index contributed by atoms with van der Waals surface area (Å²) in [6.07, 6.45) is 7.18. The van der Waals surface area contributed by atoms with Gasteiger partial charge in [-0.15, -0.1) is 0 Å². The molecule has 0 bridgehead atoms. The van der Waals surface area contributed by atoms with Crippen LogP contribution in [0.15, 0.2) is 0 Å². The monoisotopic (exact) mass is 183 g/mol. The molecule has 0 aromatic rings. The van der Waals surface area contributed by atoms with Gasteiger partial charge in [-0.25, -0.2) is 0 Å². The van der Waals surface area contributed by atoms with Gasteiger partial charge in [-0.3, -0.25) is 0 Å². The van der Waals surface area contributed by atoms with Crippen LogP contribution in [0.3, 0.4) is 0 Å². The highest BCUT2D eigenvalue weighted by atomic mass is 15.0. The van der Waals surface area contributed by atoms with Crippen LogP contribution in [0.4, 0.5) is 0 Å². The summed E-state index contributed by atoms with van der Waals surface area (Å²) in [6, 6.07) is 0. The van der Waals surface area contributed by atoms with Gasteiger partial charge in [-0.05, 0) is 51.2 Å². The first-order chi connectivity index (χ1) is 6.12. The third-order valence-corrected chi connectivity index (χ3v) is 3.86. The van der Waals surface area contributed by atoms with E-state index in [1.807, 2.05) is 0 Å². The second-order valence-electron chi connectivity index (χ2n) is 5.09. The Bertz CT molecular complexity index is 145. The van der Waals surface area contributed by atoms with Crippen molar-refractivity contribution in [2.75, 3.05) is 20.6 Å². The normalized spacial score (nSPS) is 33.5. The Kier molecular flexibility index (Phi) is 3.78. The average Bonchev–Trinajstić information content (AvgIpc) is 2.03. The third-order valence-electron chi connectivity index (χ3n) is 3.86. The van der Waals surface area contributed by atoms with Crippen LogP contribution in [-0.4, -0.2) is 25.5 Å². The van der Waals surface area contributed by atoms with E-state index < -0.39 is 0 Å². The molecule has 0 radical (unpaired) electrons. The van der Waals surface area contributed by atoms with Crippen molar-refractivity contribution in [1.29, 1.82) is 0 Å². The SMILES string of the molecule is CCC1CC(CC)(CCN(C)C)C1. The Labute approximate surface area is 83.5 Å². The molecule has 1 saturated carbocycles. The molecule has 0 aromatic carbocycles. The molecule has 0 aliphatic heterocycles. The van der Waals surface area contributed by atoms with E-state index in [4.69, 9.17) is 0 Å². The molecule has 1 nitrogen and oxygen atoms in total. The second-order valence-corrected chi connectivity index (χ2v) is 5.09. The van der Waals surface area contributed by atoms with Crippen LogP contribution in [0.25, 0.3) is 0 Å². The number of hydrogen-bond donors (Lipinski definition) is 0. The topological polar surface area (TPSA) is 3.24 Å². The molecule has 0 spiro atoms. The maximum absolute atomic E-state index is 2.36. The quantitative estimate of drug-likeness (QED) is 0.633. The molecule has 1 aliphatic carbocycles. The number of hydrogen-bond acceptors (Lipinski definition) is 1. The van der Waals surface area contributed by atoms with E-state index in [2.05, 4.69) is 32.8 Å². The smallest absolute Gasteiger partial charge is 0.00195 e. The van der Waals surface area contributed by atoms with Gasteiger partial charge in [0, 0.05) is 0 Å². The van der Waals surface area contributed by atoms with Gasteiger partial charge in [-0.1, -0.05) is 26.7 Å². The molecular weight excluding hydrogens is 158 g/mol. The Hall–Kier alpha value is -0.0400. The minimum atomic E-state index is 0.727. The van der Waals surface area contributed by atoms with Crippen LogP contribution in [0.1, 0.15) is 46.0 Å². The summed E-state index contributed by atoms with van der Waals surface area (Å²) >= 11 is 0. The van der Waals surface area contributed by atoms with Crippen molar-refractivity contribution in [3.63, 3.8) is 0 Å². The summed E-state index contributed by atoms with van der Waals surface area (Å²) in [7, 11) is 4.36. The molecule has 1 aliphatic rings. The highest BCUT2D eigenvalue weighted by Gasteiger charge is 2.40. The van der Waals surface area contributed by atoms with Crippen LogP contribution in [0.2, 0.25) is 0 Å². The fraction of sp³-hybridized carbons (Fsp3) is 1.00. The van der Waals surface area contributed by atoms with Crippen molar-refractivity contribution in [2.45, 2.75) is 46.0 Å². The van der Waals surface area contributed by atoms with Crippen molar-refractivity contribution in [3.05, 3.63) is 0 Å². The molecule has 0 aromatic heterocycles. The standard InChI is InChI=1S/C12H25N/c1-5-11-9-12(6-2,10-11)7-8-13(3)4/h11H,5-10H2,1-4H3. The lowest BCUT2D eigenvalue weighted by Crippen LogP contribution is -2.38. The van der Waals surface area contributed by atoms with Crippen LogP contribution in [0, 0.1) is 11.3 Å².